The molecule has 0 atom stereocenters. The highest BCUT2D eigenvalue weighted by Crippen LogP contribution is 2.51. The number of hydrogen-bond acceptors (Lipinski definition) is 4. The third kappa shape index (κ3) is 2.90. The largest absolute Gasteiger partial charge is 0.454 e. The summed E-state index contributed by atoms with van der Waals surface area (Å²) in [6.45, 7) is 0.215. The van der Waals surface area contributed by atoms with E-state index < -0.39 is 5.41 Å². The van der Waals surface area contributed by atoms with Gasteiger partial charge in [0.25, 0.3) is 5.91 Å². The number of ether oxygens (including phenoxy) is 2. The van der Waals surface area contributed by atoms with E-state index in [1.54, 1.807) is 20.2 Å². The zero-order valence-corrected chi connectivity index (χ0v) is 16.2. The Morgan fingerprint density at radius 3 is 2.59 bits per heavy atom. The number of nitrogens with zero attached hydrogens (tertiary/aromatic N) is 1. The average molecular weight is 391 g/mol. The van der Waals surface area contributed by atoms with Gasteiger partial charge in [0.1, 0.15) is 5.69 Å². The molecule has 7 heteroatoms. The molecular formula is C22H21N3O4. The molecule has 2 heterocycles. The fourth-order valence-corrected chi connectivity index (χ4v) is 3.78. The van der Waals surface area contributed by atoms with Crippen molar-refractivity contribution in [3.05, 3.63) is 53.7 Å². The molecule has 5 rings (SSSR count). The van der Waals surface area contributed by atoms with Crippen LogP contribution in [0.15, 0.2) is 42.5 Å². The van der Waals surface area contributed by atoms with Gasteiger partial charge in [0.2, 0.25) is 12.7 Å². The van der Waals surface area contributed by atoms with Crippen molar-refractivity contribution in [1.29, 1.82) is 0 Å². The molecule has 2 amide bonds. The molecule has 1 aromatic heterocycles. The van der Waals surface area contributed by atoms with Crippen molar-refractivity contribution in [2.75, 3.05) is 26.2 Å². The van der Waals surface area contributed by atoms with Crippen LogP contribution in [0.3, 0.4) is 0 Å². The first-order valence-electron chi connectivity index (χ1n) is 9.52. The average Bonchev–Trinajstić information content (AvgIpc) is 3.20. The van der Waals surface area contributed by atoms with Gasteiger partial charge in [-0.25, -0.2) is 0 Å². The first-order chi connectivity index (χ1) is 14.0. The van der Waals surface area contributed by atoms with E-state index in [0.29, 0.717) is 22.9 Å². The Balaban J connectivity index is 1.39. The lowest BCUT2D eigenvalue weighted by Crippen LogP contribution is -2.27. The van der Waals surface area contributed by atoms with E-state index >= 15 is 0 Å². The summed E-state index contributed by atoms with van der Waals surface area (Å²) in [6, 6.07) is 13.1. The molecule has 3 aromatic rings. The second-order valence-corrected chi connectivity index (χ2v) is 7.79. The minimum atomic E-state index is -0.528. The summed E-state index contributed by atoms with van der Waals surface area (Å²) < 4.78 is 10.8. The second-order valence-electron chi connectivity index (χ2n) is 7.79. The van der Waals surface area contributed by atoms with Gasteiger partial charge < -0.3 is 24.7 Å². The second kappa shape index (κ2) is 6.27. The topological polar surface area (TPSA) is 83.7 Å². The number of anilines is 1. The lowest BCUT2D eigenvalue weighted by molar-refractivity contribution is -0.118. The minimum absolute atomic E-state index is 0.0316. The maximum atomic E-state index is 13.1. The number of carbonyl (C=O) groups is 2. The van der Waals surface area contributed by atoms with Crippen LogP contribution in [0.4, 0.5) is 5.69 Å². The third-order valence-electron chi connectivity index (χ3n) is 5.63. The standard InChI is InChI=1S/C22H21N3O4/c1-25(2)20(26)17-10-13-9-15(4-5-16(13)24-17)23-21(27)22(7-8-22)14-3-6-18-19(11-14)29-12-28-18/h3-6,9-11,24H,7-8,12H2,1-2H3,(H,23,27). The molecule has 0 bridgehead atoms. The molecule has 0 spiro atoms. The maximum absolute atomic E-state index is 13.1. The Morgan fingerprint density at radius 2 is 1.83 bits per heavy atom. The molecule has 0 saturated heterocycles. The van der Waals surface area contributed by atoms with Crippen LogP contribution >= 0.6 is 0 Å². The van der Waals surface area contributed by atoms with Crippen molar-refractivity contribution in [1.82, 2.24) is 9.88 Å². The van der Waals surface area contributed by atoms with Gasteiger partial charge in [0.15, 0.2) is 11.5 Å². The predicted octanol–water partition coefficient (Wildman–Crippen LogP) is 3.27. The van der Waals surface area contributed by atoms with Gasteiger partial charge in [-0.05, 0) is 54.8 Å². The number of aromatic nitrogens is 1. The summed E-state index contributed by atoms with van der Waals surface area (Å²) in [5.74, 6) is 1.28. The summed E-state index contributed by atoms with van der Waals surface area (Å²) in [4.78, 5) is 29.9. The molecule has 7 nitrogen and oxygen atoms in total. The lowest BCUT2D eigenvalue weighted by Gasteiger charge is -2.16. The molecule has 2 N–H and O–H groups in total. The summed E-state index contributed by atoms with van der Waals surface area (Å²) in [5, 5.41) is 3.92. The Labute approximate surface area is 167 Å². The third-order valence-corrected chi connectivity index (χ3v) is 5.63. The van der Waals surface area contributed by atoms with Gasteiger partial charge in [0.05, 0.1) is 5.41 Å². The van der Waals surface area contributed by atoms with Crippen LogP contribution in [-0.4, -0.2) is 42.6 Å². The van der Waals surface area contributed by atoms with Crippen LogP contribution in [0.25, 0.3) is 10.9 Å². The molecule has 2 aliphatic rings. The fourth-order valence-electron chi connectivity index (χ4n) is 3.78. The quantitative estimate of drug-likeness (QED) is 0.715. The van der Waals surface area contributed by atoms with E-state index in [-0.39, 0.29) is 18.6 Å². The van der Waals surface area contributed by atoms with Gasteiger partial charge in [-0.15, -0.1) is 0 Å². The number of aromatic amines is 1. The predicted molar refractivity (Wildman–Crippen MR) is 108 cm³/mol. The molecule has 1 aliphatic carbocycles. The van der Waals surface area contributed by atoms with Crippen molar-refractivity contribution < 1.29 is 19.1 Å². The Hall–Kier alpha value is -3.48. The van der Waals surface area contributed by atoms with Crippen molar-refractivity contribution in [3.63, 3.8) is 0 Å². The number of rotatable bonds is 4. The van der Waals surface area contributed by atoms with Crippen molar-refractivity contribution in [2.24, 2.45) is 0 Å². The highest BCUT2D eigenvalue weighted by molar-refractivity contribution is 6.03. The SMILES string of the molecule is CN(C)C(=O)c1cc2cc(NC(=O)C3(c4ccc5c(c4)OCO5)CC3)ccc2[nH]1. The van der Waals surface area contributed by atoms with Crippen LogP contribution in [0.5, 0.6) is 11.5 Å². The van der Waals surface area contributed by atoms with Crippen LogP contribution in [0.2, 0.25) is 0 Å². The molecule has 1 aliphatic heterocycles. The number of hydrogen-bond donors (Lipinski definition) is 2. The Bertz CT molecular complexity index is 1140. The number of amides is 2. The van der Waals surface area contributed by atoms with Gasteiger partial charge in [0, 0.05) is 30.7 Å². The Kier molecular flexibility index (Phi) is 3.81. The van der Waals surface area contributed by atoms with E-state index in [0.717, 1.165) is 29.3 Å². The lowest BCUT2D eigenvalue weighted by atomic mass is 9.94. The van der Waals surface area contributed by atoms with Gasteiger partial charge in [-0.2, -0.15) is 0 Å². The number of benzene rings is 2. The zero-order valence-electron chi connectivity index (χ0n) is 16.2. The number of H-pyrrole nitrogens is 1. The number of nitrogens with one attached hydrogen (secondary N) is 2. The number of carbonyl (C=O) groups excluding carboxylic acids is 2. The first-order valence-corrected chi connectivity index (χ1v) is 9.52. The first kappa shape index (κ1) is 17.6. The number of fused-ring (bicyclic) bond motifs is 2. The van der Waals surface area contributed by atoms with Crippen LogP contribution in [0.1, 0.15) is 28.9 Å². The fraction of sp³-hybridized carbons (Fsp3) is 0.273. The van der Waals surface area contributed by atoms with E-state index in [4.69, 9.17) is 9.47 Å². The molecular weight excluding hydrogens is 370 g/mol. The van der Waals surface area contributed by atoms with E-state index in [9.17, 15) is 9.59 Å². The molecule has 2 aromatic carbocycles. The highest BCUT2D eigenvalue weighted by atomic mass is 16.7. The van der Waals surface area contributed by atoms with Crippen LogP contribution in [0, 0.1) is 0 Å². The molecule has 0 radical (unpaired) electrons. The van der Waals surface area contributed by atoms with Crippen LogP contribution in [-0.2, 0) is 10.2 Å². The summed E-state index contributed by atoms with van der Waals surface area (Å²) in [7, 11) is 3.43. The van der Waals surface area contributed by atoms with Crippen molar-refractivity contribution in [2.45, 2.75) is 18.3 Å². The van der Waals surface area contributed by atoms with Crippen molar-refractivity contribution in [3.8, 4) is 11.5 Å². The zero-order chi connectivity index (χ0) is 20.2. The molecule has 29 heavy (non-hydrogen) atoms. The molecule has 1 saturated carbocycles. The summed E-state index contributed by atoms with van der Waals surface area (Å²) >= 11 is 0. The normalized spacial score (nSPS) is 15.9. The minimum Gasteiger partial charge on any atom is -0.454 e. The molecule has 0 unspecified atom stereocenters. The summed E-state index contributed by atoms with van der Waals surface area (Å²) in [6.07, 6.45) is 1.60. The van der Waals surface area contributed by atoms with Crippen LogP contribution < -0.4 is 14.8 Å². The van der Waals surface area contributed by atoms with Gasteiger partial charge in [-0.3, -0.25) is 9.59 Å². The Morgan fingerprint density at radius 1 is 1.03 bits per heavy atom. The molecule has 1 fully saturated rings. The highest BCUT2D eigenvalue weighted by Gasteiger charge is 2.51. The van der Waals surface area contributed by atoms with Gasteiger partial charge in [-0.1, -0.05) is 6.07 Å². The van der Waals surface area contributed by atoms with E-state index in [1.165, 1.54) is 4.90 Å². The van der Waals surface area contributed by atoms with Gasteiger partial charge >= 0.3 is 0 Å². The van der Waals surface area contributed by atoms with Crippen molar-refractivity contribution >= 4 is 28.4 Å². The maximum Gasteiger partial charge on any atom is 0.269 e. The summed E-state index contributed by atoms with van der Waals surface area (Å²) in [5.41, 5.74) is 2.50. The smallest absolute Gasteiger partial charge is 0.269 e. The monoisotopic (exact) mass is 391 g/mol. The van der Waals surface area contributed by atoms with E-state index in [2.05, 4.69) is 10.3 Å². The molecule has 148 valence electrons. The van der Waals surface area contributed by atoms with E-state index in [1.807, 2.05) is 36.4 Å².